The van der Waals surface area contributed by atoms with Gasteiger partial charge in [0.15, 0.2) is 0 Å². The van der Waals surface area contributed by atoms with Crippen LogP contribution in [-0.4, -0.2) is 18.5 Å². The van der Waals surface area contributed by atoms with E-state index in [1.54, 1.807) is 6.07 Å². The second-order valence-electron chi connectivity index (χ2n) is 9.38. The van der Waals surface area contributed by atoms with E-state index in [4.69, 9.17) is 21.1 Å². The number of hydrogen-bond donors (Lipinski definition) is 0. The first-order valence-corrected chi connectivity index (χ1v) is 14.2. The van der Waals surface area contributed by atoms with E-state index in [1.807, 2.05) is 0 Å². The highest BCUT2D eigenvalue weighted by atomic mass is 35.5. The molecule has 0 N–H and O–H groups in total. The van der Waals surface area contributed by atoms with Crippen LogP contribution in [0.4, 0.5) is 4.39 Å². The Hall–Kier alpha value is -1.62. The predicted octanol–water partition coefficient (Wildman–Crippen LogP) is 9.11. The molecule has 1 aromatic rings. The molecule has 0 aromatic heterocycles. The Morgan fingerprint density at radius 2 is 1.20 bits per heavy atom. The first kappa shape index (κ1) is 31.4. The Balaban J connectivity index is 1.86. The van der Waals surface area contributed by atoms with E-state index in [-0.39, 0.29) is 36.0 Å². The van der Waals surface area contributed by atoms with Crippen LogP contribution in [0, 0.1) is 5.82 Å². The van der Waals surface area contributed by atoms with Crippen LogP contribution in [0.2, 0.25) is 5.02 Å². The van der Waals surface area contributed by atoms with Gasteiger partial charge in [0.25, 0.3) is 0 Å². The lowest BCUT2D eigenvalue weighted by molar-refractivity contribution is -0.146. The van der Waals surface area contributed by atoms with Crippen molar-refractivity contribution in [3.63, 3.8) is 0 Å². The molecule has 0 amide bonds. The zero-order valence-electron chi connectivity index (χ0n) is 21.8. The Morgan fingerprint density at radius 1 is 0.714 bits per heavy atom. The SMILES string of the molecule is CCCCCCCCCCCCCCCCCOC(=O)CCCC(=O)OCc1c(F)cccc1Cl. The quantitative estimate of drug-likeness (QED) is 0.115. The molecular formula is C29H46ClFO4. The van der Waals surface area contributed by atoms with E-state index < -0.39 is 11.8 Å². The number of carbonyl (C=O) groups excluding carboxylic acids is 2. The number of esters is 2. The summed E-state index contributed by atoms with van der Waals surface area (Å²) in [6.07, 6.45) is 20.1. The van der Waals surface area contributed by atoms with Crippen molar-refractivity contribution in [1.29, 1.82) is 0 Å². The molecule has 6 heteroatoms. The number of hydrogen-bond acceptors (Lipinski definition) is 4. The van der Waals surface area contributed by atoms with Gasteiger partial charge in [0.05, 0.1) is 11.6 Å². The summed E-state index contributed by atoms with van der Waals surface area (Å²) in [6, 6.07) is 4.31. The van der Waals surface area contributed by atoms with Crippen LogP contribution >= 0.6 is 11.6 Å². The minimum atomic E-state index is -0.507. The molecule has 0 fully saturated rings. The fraction of sp³-hybridized carbons (Fsp3) is 0.724. The maximum atomic E-state index is 13.7. The second kappa shape index (κ2) is 21.6. The number of benzene rings is 1. The van der Waals surface area contributed by atoms with Crippen LogP contribution in [0.5, 0.6) is 0 Å². The van der Waals surface area contributed by atoms with Crippen molar-refractivity contribution < 1.29 is 23.5 Å². The smallest absolute Gasteiger partial charge is 0.306 e. The molecule has 4 nitrogen and oxygen atoms in total. The third kappa shape index (κ3) is 17.5. The summed E-state index contributed by atoms with van der Waals surface area (Å²) in [5, 5.41) is 0.222. The number of ether oxygens (including phenoxy) is 2. The van der Waals surface area contributed by atoms with Crippen LogP contribution in [0.25, 0.3) is 0 Å². The highest BCUT2D eigenvalue weighted by molar-refractivity contribution is 6.31. The standard InChI is InChI=1S/C29H46ClFO4/c1-2-3-4-5-6-7-8-9-10-11-12-13-14-15-16-23-34-28(32)21-18-22-29(33)35-24-25-26(30)19-17-20-27(25)31/h17,19-20H,2-16,18,21-24H2,1H3. The van der Waals surface area contributed by atoms with Gasteiger partial charge in [0.1, 0.15) is 12.4 Å². The van der Waals surface area contributed by atoms with Gasteiger partial charge in [-0.05, 0) is 25.0 Å². The van der Waals surface area contributed by atoms with E-state index in [2.05, 4.69) is 6.92 Å². The van der Waals surface area contributed by atoms with E-state index in [0.29, 0.717) is 13.0 Å². The molecule has 0 unspecified atom stereocenters. The molecule has 0 aliphatic carbocycles. The van der Waals surface area contributed by atoms with Gasteiger partial charge in [-0.1, -0.05) is 114 Å². The van der Waals surface area contributed by atoms with Gasteiger partial charge in [-0.15, -0.1) is 0 Å². The number of rotatable bonds is 22. The molecule has 0 heterocycles. The fourth-order valence-electron chi connectivity index (χ4n) is 4.00. The van der Waals surface area contributed by atoms with Crippen LogP contribution in [0.15, 0.2) is 18.2 Å². The van der Waals surface area contributed by atoms with Crippen LogP contribution in [-0.2, 0) is 25.7 Å². The highest BCUT2D eigenvalue weighted by Crippen LogP contribution is 2.20. The van der Waals surface area contributed by atoms with Crippen molar-refractivity contribution in [3.8, 4) is 0 Å². The first-order valence-electron chi connectivity index (χ1n) is 13.8. The third-order valence-corrected chi connectivity index (χ3v) is 6.57. The predicted molar refractivity (Wildman–Crippen MR) is 141 cm³/mol. The van der Waals surface area contributed by atoms with Gasteiger partial charge >= 0.3 is 11.9 Å². The molecule has 0 aliphatic rings. The van der Waals surface area contributed by atoms with E-state index in [0.717, 1.165) is 12.8 Å². The zero-order chi connectivity index (χ0) is 25.6. The number of carbonyl (C=O) groups is 2. The summed E-state index contributed by atoms with van der Waals surface area (Å²) >= 11 is 5.91. The van der Waals surface area contributed by atoms with Crippen LogP contribution in [0.1, 0.15) is 128 Å². The molecule has 0 radical (unpaired) electrons. The van der Waals surface area contributed by atoms with Crippen molar-refractivity contribution in [2.75, 3.05) is 6.61 Å². The lowest BCUT2D eigenvalue weighted by Crippen LogP contribution is -2.09. The molecule has 1 rings (SSSR count). The largest absolute Gasteiger partial charge is 0.466 e. The summed E-state index contributed by atoms with van der Waals surface area (Å²) in [5.74, 6) is -1.28. The first-order chi connectivity index (χ1) is 17.0. The zero-order valence-corrected chi connectivity index (χ0v) is 22.5. The van der Waals surface area contributed by atoms with Crippen molar-refractivity contribution >= 4 is 23.5 Å². The third-order valence-electron chi connectivity index (χ3n) is 6.21. The lowest BCUT2D eigenvalue weighted by atomic mass is 10.0. The monoisotopic (exact) mass is 512 g/mol. The van der Waals surface area contributed by atoms with E-state index >= 15 is 0 Å². The summed E-state index contributed by atoms with van der Waals surface area (Å²) in [6.45, 7) is 2.49. The second-order valence-corrected chi connectivity index (χ2v) is 9.79. The molecular weight excluding hydrogens is 467 g/mol. The maximum Gasteiger partial charge on any atom is 0.306 e. The molecule has 0 spiro atoms. The highest BCUT2D eigenvalue weighted by Gasteiger charge is 2.11. The lowest BCUT2D eigenvalue weighted by Gasteiger charge is -2.08. The minimum absolute atomic E-state index is 0.0835. The topological polar surface area (TPSA) is 52.6 Å². The van der Waals surface area contributed by atoms with Crippen molar-refractivity contribution in [3.05, 3.63) is 34.6 Å². The summed E-state index contributed by atoms with van der Waals surface area (Å²) in [7, 11) is 0. The molecule has 200 valence electrons. The Morgan fingerprint density at radius 3 is 1.71 bits per heavy atom. The van der Waals surface area contributed by atoms with E-state index in [9.17, 15) is 14.0 Å². The molecule has 0 saturated carbocycles. The van der Waals surface area contributed by atoms with Gasteiger partial charge in [-0.3, -0.25) is 9.59 Å². The maximum absolute atomic E-state index is 13.7. The van der Waals surface area contributed by atoms with Gasteiger partial charge in [0.2, 0.25) is 0 Å². The molecule has 35 heavy (non-hydrogen) atoms. The van der Waals surface area contributed by atoms with Crippen molar-refractivity contribution in [2.24, 2.45) is 0 Å². The summed E-state index contributed by atoms with van der Waals surface area (Å²) in [5.41, 5.74) is 0.158. The fourth-order valence-corrected chi connectivity index (χ4v) is 4.22. The Labute approximate surface area is 217 Å². The Kier molecular flexibility index (Phi) is 19.4. The molecule has 0 aliphatic heterocycles. The average Bonchev–Trinajstić information content (AvgIpc) is 2.83. The Bertz CT molecular complexity index is 675. The van der Waals surface area contributed by atoms with E-state index in [1.165, 1.54) is 95.6 Å². The summed E-state index contributed by atoms with van der Waals surface area (Å²) in [4.78, 5) is 23.6. The molecule has 1 aromatic carbocycles. The molecule has 0 atom stereocenters. The van der Waals surface area contributed by atoms with Crippen LogP contribution < -0.4 is 0 Å². The minimum Gasteiger partial charge on any atom is -0.466 e. The summed E-state index contributed by atoms with van der Waals surface area (Å²) < 4.78 is 24.0. The molecule has 0 saturated heterocycles. The van der Waals surface area contributed by atoms with Gasteiger partial charge in [0, 0.05) is 18.4 Å². The molecule has 0 bridgehead atoms. The number of unbranched alkanes of at least 4 members (excludes halogenated alkanes) is 14. The van der Waals surface area contributed by atoms with Crippen molar-refractivity contribution in [1.82, 2.24) is 0 Å². The van der Waals surface area contributed by atoms with Gasteiger partial charge < -0.3 is 9.47 Å². The van der Waals surface area contributed by atoms with Crippen LogP contribution in [0.3, 0.4) is 0 Å². The van der Waals surface area contributed by atoms with Gasteiger partial charge in [-0.25, -0.2) is 4.39 Å². The van der Waals surface area contributed by atoms with Gasteiger partial charge in [-0.2, -0.15) is 0 Å². The average molecular weight is 513 g/mol. The normalized spacial score (nSPS) is 10.9. The van der Waals surface area contributed by atoms with Crippen molar-refractivity contribution in [2.45, 2.75) is 129 Å². The number of halogens is 2.